The fourth-order valence-corrected chi connectivity index (χ4v) is 2.95. The molecule has 1 heterocycles. The Kier molecular flexibility index (Phi) is 2.81. The van der Waals surface area contributed by atoms with Gasteiger partial charge in [0.15, 0.2) is 0 Å². The SMILES string of the molecule is Cc1ccccc1-c1cccc2nc3c(nc12)C=CCC3. The molecular weight excluding hydrogens is 256 g/mol. The highest BCUT2D eigenvalue weighted by atomic mass is 14.8. The number of rotatable bonds is 1. The van der Waals surface area contributed by atoms with Crippen molar-refractivity contribution >= 4 is 17.1 Å². The Morgan fingerprint density at radius 3 is 2.67 bits per heavy atom. The first-order valence-electron chi connectivity index (χ1n) is 7.35. The van der Waals surface area contributed by atoms with Crippen LogP contribution in [0.15, 0.2) is 48.5 Å². The van der Waals surface area contributed by atoms with Gasteiger partial charge in [-0.1, -0.05) is 42.5 Å². The van der Waals surface area contributed by atoms with Crippen molar-refractivity contribution in [3.63, 3.8) is 0 Å². The summed E-state index contributed by atoms with van der Waals surface area (Å²) in [6, 6.07) is 14.7. The summed E-state index contributed by atoms with van der Waals surface area (Å²) in [4.78, 5) is 9.70. The summed E-state index contributed by atoms with van der Waals surface area (Å²) in [5.41, 5.74) is 7.79. The number of aryl methyl sites for hydroxylation is 2. The molecule has 2 nitrogen and oxygen atoms in total. The van der Waals surface area contributed by atoms with Gasteiger partial charge in [0, 0.05) is 5.56 Å². The van der Waals surface area contributed by atoms with Crippen molar-refractivity contribution in [2.24, 2.45) is 0 Å². The fourth-order valence-electron chi connectivity index (χ4n) is 2.95. The molecule has 2 heteroatoms. The summed E-state index contributed by atoms with van der Waals surface area (Å²) in [5, 5.41) is 0. The second-order valence-corrected chi connectivity index (χ2v) is 5.48. The van der Waals surface area contributed by atoms with E-state index in [0.717, 1.165) is 35.3 Å². The van der Waals surface area contributed by atoms with Crippen LogP contribution in [0.2, 0.25) is 0 Å². The molecular formula is C19H16N2. The largest absolute Gasteiger partial charge is 0.249 e. The van der Waals surface area contributed by atoms with Gasteiger partial charge in [-0.2, -0.15) is 0 Å². The van der Waals surface area contributed by atoms with Gasteiger partial charge in [-0.3, -0.25) is 0 Å². The van der Waals surface area contributed by atoms with Crippen LogP contribution >= 0.6 is 0 Å². The molecule has 0 N–H and O–H groups in total. The van der Waals surface area contributed by atoms with Crippen LogP contribution in [0.5, 0.6) is 0 Å². The van der Waals surface area contributed by atoms with E-state index in [2.05, 4.69) is 61.5 Å². The van der Waals surface area contributed by atoms with Crippen molar-refractivity contribution in [3.8, 4) is 11.1 Å². The van der Waals surface area contributed by atoms with E-state index in [-0.39, 0.29) is 0 Å². The van der Waals surface area contributed by atoms with Crippen molar-refractivity contribution in [2.75, 3.05) is 0 Å². The highest BCUT2D eigenvalue weighted by Crippen LogP contribution is 2.30. The Morgan fingerprint density at radius 2 is 1.76 bits per heavy atom. The van der Waals surface area contributed by atoms with Crippen molar-refractivity contribution in [1.29, 1.82) is 0 Å². The zero-order valence-electron chi connectivity index (χ0n) is 12.0. The lowest BCUT2D eigenvalue weighted by atomic mass is 9.98. The molecule has 102 valence electrons. The van der Waals surface area contributed by atoms with Gasteiger partial charge in [0.05, 0.1) is 22.4 Å². The van der Waals surface area contributed by atoms with Crippen LogP contribution in [0, 0.1) is 6.92 Å². The van der Waals surface area contributed by atoms with Gasteiger partial charge in [0.1, 0.15) is 0 Å². The predicted octanol–water partition coefficient (Wildman–Crippen LogP) is 4.56. The topological polar surface area (TPSA) is 25.8 Å². The van der Waals surface area contributed by atoms with E-state index in [0.29, 0.717) is 0 Å². The molecule has 1 aliphatic rings. The van der Waals surface area contributed by atoms with Gasteiger partial charge in [-0.25, -0.2) is 9.97 Å². The maximum atomic E-state index is 4.88. The molecule has 0 aliphatic heterocycles. The van der Waals surface area contributed by atoms with E-state index >= 15 is 0 Å². The quantitative estimate of drug-likeness (QED) is 0.648. The summed E-state index contributed by atoms with van der Waals surface area (Å²) >= 11 is 0. The lowest BCUT2D eigenvalue weighted by molar-refractivity contribution is 0.920. The number of fused-ring (bicyclic) bond motifs is 2. The van der Waals surface area contributed by atoms with Crippen molar-refractivity contribution in [1.82, 2.24) is 9.97 Å². The molecule has 0 saturated carbocycles. The van der Waals surface area contributed by atoms with Gasteiger partial charge in [0.2, 0.25) is 0 Å². The Balaban J connectivity index is 2.03. The number of para-hydroxylation sites is 1. The zero-order valence-corrected chi connectivity index (χ0v) is 12.0. The molecule has 0 radical (unpaired) electrons. The first-order valence-corrected chi connectivity index (χ1v) is 7.35. The minimum atomic E-state index is 0.989. The monoisotopic (exact) mass is 272 g/mol. The van der Waals surface area contributed by atoms with Gasteiger partial charge < -0.3 is 0 Å². The van der Waals surface area contributed by atoms with E-state index in [1.807, 2.05) is 0 Å². The number of hydrogen-bond acceptors (Lipinski definition) is 2. The number of allylic oxidation sites excluding steroid dienone is 1. The molecule has 0 spiro atoms. The molecule has 0 atom stereocenters. The lowest BCUT2D eigenvalue weighted by Crippen LogP contribution is -2.02. The van der Waals surface area contributed by atoms with Crippen LogP contribution < -0.4 is 0 Å². The van der Waals surface area contributed by atoms with Gasteiger partial charge >= 0.3 is 0 Å². The van der Waals surface area contributed by atoms with Crippen LogP contribution in [0.3, 0.4) is 0 Å². The summed E-state index contributed by atoms with van der Waals surface area (Å²) in [5.74, 6) is 0. The second-order valence-electron chi connectivity index (χ2n) is 5.48. The smallest absolute Gasteiger partial charge is 0.0972 e. The lowest BCUT2D eigenvalue weighted by Gasteiger charge is -2.13. The minimum Gasteiger partial charge on any atom is -0.249 e. The van der Waals surface area contributed by atoms with E-state index in [1.165, 1.54) is 16.7 Å². The predicted molar refractivity (Wildman–Crippen MR) is 87.1 cm³/mol. The number of aromatic nitrogens is 2. The molecule has 0 fully saturated rings. The van der Waals surface area contributed by atoms with Crippen molar-refractivity contribution in [2.45, 2.75) is 19.8 Å². The molecule has 21 heavy (non-hydrogen) atoms. The Labute approximate surface area is 124 Å². The molecule has 2 aromatic carbocycles. The third-order valence-electron chi connectivity index (χ3n) is 4.06. The second kappa shape index (κ2) is 4.81. The molecule has 1 aliphatic carbocycles. The minimum absolute atomic E-state index is 0.989. The molecule has 0 amide bonds. The third kappa shape index (κ3) is 2.04. The fraction of sp³-hybridized carbons (Fsp3) is 0.158. The summed E-state index contributed by atoms with van der Waals surface area (Å²) in [6.07, 6.45) is 6.33. The Bertz CT molecular complexity index is 863. The molecule has 1 aromatic heterocycles. The van der Waals surface area contributed by atoms with Crippen molar-refractivity contribution < 1.29 is 0 Å². The summed E-state index contributed by atoms with van der Waals surface area (Å²) in [7, 11) is 0. The molecule has 0 saturated heterocycles. The zero-order chi connectivity index (χ0) is 14.2. The van der Waals surface area contributed by atoms with Crippen LogP contribution in [-0.4, -0.2) is 9.97 Å². The molecule has 0 unspecified atom stereocenters. The first-order chi connectivity index (χ1) is 10.3. The van der Waals surface area contributed by atoms with E-state index < -0.39 is 0 Å². The summed E-state index contributed by atoms with van der Waals surface area (Å²) < 4.78 is 0. The van der Waals surface area contributed by atoms with Gasteiger partial charge in [-0.05, 0) is 43.0 Å². The maximum absolute atomic E-state index is 4.88. The van der Waals surface area contributed by atoms with Gasteiger partial charge in [-0.15, -0.1) is 0 Å². The highest BCUT2D eigenvalue weighted by molar-refractivity contribution is 5.93. The number of hydrogen-bond donors (Lipinski definition) is 0. The third-order valence-corrected chi connectivity index (χ3v) is 4.06. The van der Waals surface area contributed by atoms with Gasteiger partial charge in [0.25, 0.3) is 0 Å². The Morgan fingerprint density at radius 1 is 0.905 bits per heavy atom. The highest BCUT2D eigenvalue weighted by Gasteiger charge is 2.13. The van der Waals surface area contributed by atoms with E-state index in [9.17, 15) is 0 Å². The van der Waals surface area contributed by atoms with Crippen LogP contribution in [0.4, 0.5) is 0 Å². The molecule has 3 aromatic rings. The molecule has 4 rings (SSSR count). The van der Waals surface area contributed by atoms with E-state index in [1.54, 1.807) is 0 Å². The first kappa shape index (κ1) is 12.3. The summed E-state index contributed by atoms with van der Waals surface area (Å²) in [6.45, 7) is 2.14. The van der Waals surface area contributed by atoms with Crippen LogP contribution in [0.25, 0.3) is 28.2 Å². The standard InChI is InChI=1S/C19H16N2/c1-13-7-2-3-8-14(13)15-9-6-12-18-19(15)21-17-11-5-4-10-16(17)20-18/h2-3,5-9,11-12H,4,10H2,1H3. The van der Waals surface area contributed by atoms with Crippen molar-refractivity contribution in [3.05, 3.63) is 65.5 Å². The average molecular weight is 272 g/mol. The molecule has 0 bridgehead atoms. The number of benzene rings is 2. The average Bonchev–Trinajstić information content (AvgIpc) is 2.53. The maximum Gasteiger partial charge on any atom is 0.0972 e. The number of nitrogens with zero attached hydrogens (tertiary/aromatic N) is 2. The van der Waals surface area contributed by atoms with Crippen LogP contribution in [0.1, 0.15) is 23.4 Å². The Hall–Kier alpha value is -2.48. The van der Waals surface area contributed by atoms with Crippen LogP contribution in [-0.2, 0) is 6.42 Å². The van der Waals surface area contributed by atoms with E-state index in [4.69, 9.17) is 9.97 Å². The normalized spacial score (nSPS) is 13.4.